The third kappa shape index (κ3) is 7.06. The first-order valence-electron chi connectivity index (χ1n) is 7.36. The van der Waals surface area contributed by atoms with Gasteiger partial charge in [-0.2, -0.15) is 0 Å². The SMILES string of the molecule is O=CNCCOCCOCCOC1OC(CO)C(O)C(O)C1O. The lowest BCUT2D eigenvalue weighted by molar-refractivity contribution is -0.302. The third-order valence-corrected chi connectivity index (χ3v) is 3.20. The number of aliphatic hydroxyl groups excluding tert-OH is 4. The van der Waals surface area contributed by atoms with E-state index in [1.54, 1.807) is 0 Å². The fourth-order valence-electron chi connectivity index (χ4n) is 1.94. The molecule has 5 unspecified atom stereocenters. The first-order chi connectivity index (χ1) is 11.1. The number of carbonyl (C=O) groups is 1. The molecule has 0 aromatic heterocycles. The fourth-order valence-corrected chi connectivity index (χ4v) is 1.94. The lowest BCUT2D eigenvalue weighted by Crippen LogP contribution is -2.59. The molecule has 1 aliphatic heterocycles. The van der Waals surface area contributed by atoms with Crippen LogP contribution in [-0.2, 0) is 23.7 Å². The van der Waals surface area contributed by atoms with Crippen LogP contribution in [0.4, 0.5) is 0 Å². The van der Waals surface area contributed by atoms with Crippen LogP contribution in [0.1, 0.15) is 0 Å². The largest absolute Gasteiger partial charge is 0.394 e. The van der Waals surface area contributed by atoms with Crippen LogP contribution in [0.15, 0.2) is 0 Å². The van der Waals surface area contributed by atoms with Crippen molar-refractivity contribution in [2.24, 2.45) is 0 Å². The number of hydrogen-bond donors (Lipinski definition) is 5. The molecule has 1 aliphatic rings. The molecule has 0 aliphatic carbocycles. The monoisotopic (exact) mass is 339 g/mol. The quantitative estimate of drug-likeness (QED) is 0.181. The van der Waals surface area contributed by atoms with Crippen LogP contribution in [0.5, 0.6) is 0 Å². The number of carbonyl (C=O) groups excluding carboxylic acids is 1. The fraction of sp³-hybridized carbons (Fsp3) is 0.923. The standard InChI is InChI=1S/C13H25NO9/c15-7-9-10(17)11(18)12(19)13(23-9)22-6-5-21-4-3-20-2-1-14-8-16/h8-13,15,17-19H,1-7H2,(H,14,16). The Hall–Kier alpha value is -0.850. The average Bonchev–Trinajstić information content (AvgIpc) is 2.56. The second kappa shape index (κ2) is 11.6. The van der Waals surface area contributed by atoms with Crippen LogP contribution in [0.25, 0.3) is 0 Å². The van der Waals surface area contributed by atoms with Crippen molar-refractivity contribution in [1.82, 2.24) is 5.32 Å². The highest BCUT2D eigenvalue weighted by Gasteiger charge is 2.43. The van der Waals surface area contributed by atoms with Gasteiger partial charge < -0.3 is 44.7 Å². The van der Waals surface area contributed by atoms with Gasteiger partial charge in [0, 0.05) is 6.54 Å². The highest BCUT2D eigenvalue weighted by Crippen LogP contribution is 2.21. The van der Waals surface area contributed by atoms with Gasteiger partial charge in [-0.15, -0.1) is 0 Å². The smallest absolute Gasteiger partial charge is 0.207 e. The molecule has 0 spiro atoms. The van der Waals surface area contributed by atoms with Gasteiger partial charge >= 0.3 is 0 Å². The predicted molar refractivity (Wildman–Crippen MR) is 75.4 cm³/mol. The van der Waals surface area contributed by atoms with Crippen LogP contribution < -0.4 is 5.32 Å². The number of rotatable bonds is 12. The van der Waals surface area contributed by atoms with Gasteiger partial charge in [-0.25, -0.2) is 0 Å². The van der Waals surface area contributed by atoms with Crippen LogP contribution in [-0.4, -0.2) is 104 Å². The maximum Gasteiger partial charge on any atom is 0.207 e. The second-order valence-electron chi connectivity index (χ2n) is 4.86. The zero-order chi connectivity index (χ0) is 17.1. The number of hydrogen-bond acceptors (Lipinski definition) is 9. The molecule has 0 bridgehead atoms. The average molecular weight is 339 g/mol. The summed E-state index contributed by atoms with van der Waals surface area (Å²) in [6.07, 6.45) is -5.83. The van der Waals surface area contributed by atoms with Gasteiger partial charge in [0.05, 0.1) is 39.6 Å². The first kappa shape index (κ1) is 20.2. The van der Waals surface area contributed by atoms with Gasteiger partial charge in [0.25, 0.3) is 0 Å². The molecule has 5 N–H and O–H groups in total. The summed E-state index contributed by atoms with van der Waals surface area (Å²) >= 11 is 0. The van der Waals surface area contributed by atoms with Gasteiger partial charge in [-0.05, 0) is 0 Å². The minimum atomic E-state index is -1.46. The van der Waals surface area contributed by atoms with Crippen molar-refractivity contribution in [2.45, 2.75) is 30.7 Å². The van der Waals surface area contributed by atoms with Crippen molar-refractivity contribution in [2.75, 3.05) is 46.2 Å². The summed E-state index contributed by atoms with van der Waals surface area (Å²) in [6, 6.07) is 0. The Kier molecular flexibility index (Phi) is 10.2. The van der Waals surface area contributed by atoms with E-state index < -0.39 is 37.3 Å². The van der Waals surface area contributed by atoms with Crippen LogP contribution >= 0.6 is 0 Å². The number of amides is 1. The van der Waals surface area contributed by atoms with E-state index in [-0.39, 0.29) is 13.2 Å². The van der Waals surface area contributed by atoms with Gasteiger partial charge in [0.2, 0.25) is 6.41 Å². The summed E-state index contributed by atoms with van der Waals surface area (Å²) < 4.78 is 20.8. The van der Waals surface area contributed by atoms with E-state index in [0.717, 1.165) is 0 Å². The van der Waals surface area contributed by atoms with Crippen molar-refractivity contribution < 1.29 is 44.2 Å². The molecule has 0 saturated carbocycles. The molecule has 0 aromatic rings. The summed E-state index contributed by atoms with van der Waals surface area (Å²) in [5, 5.41) is 40.4. The van der Waals surface area contributed by atoms with Gasteiger partial charge in [-0.1, -0.05) is 0 Å². The molecular formula is C13H25NO9. The number of ether oxygens (including phenoxy) is 4. The summed E-state index contributed by atoms with van der Waals surface area (Å²) in [5.41, 5.74) is 0. The molecular weight excluding hydrogens is 314 g/mol. The molecule has 0 radical (unpaired) electrons. The molecule has 23 heavy (non-hydrogen) atoms. The summed E-state index contributed by atoms with van der Waals surface area (Å²) in [7, 11) is 0. The maximum absolute atomic E-state index is 9.97. The Balaban J connectivity index is 2.07. The highest BCUT2D eigenvalue weighted by atomic mass is 16.7. The molecule has 5 atom stereocenters. The molecule has 10 heteroatoms. The Labute approximate surface area is 133 Å². The van der Waals surface area contributed by atoms with Crippen LogP contribution in [0.3, 0.4) is 0 Å². The minimum Gasteiger partial charge on any atom is -0.394 e. The summed E-state index contributed by atoms with van der Waals surface area (Å²) in [6.45, 7) is 1.32. The Morgan fingerprint density at radius 1 is 0.957 bits per heavy atom. The normalized spacial score (nSPS) is 31.0. The minimum absolute atomic E-state index is 0.0926. The summed E-state index contributed by atoms with van der Waals surface area (Å²) in [4.78, 5) is 9.97. The summed E-state index contributed by atoms with van der Waals surface area (Å²) in [5.74, 6) is 0. The van der Waals surface area contributed by atoms with E-state index >= 15 is 0 Å². The Bertz CT molecular complexity index is 318. The van der Waals surface area contributed by atoms with E-state index in [0.29, 0.717) is 32.8 Å². The van der Waals surface area contributed by atoms with E-state index in [9.17, 15) is 20.1 Å². The molecule has 0 aromatic carbocycles. The van der Waals surface area contributed by atoms with Crippen molar-refractivity contribution in [3.8, 4) is 0 Å². The molecule has 1 heterocycles. The molecule has 1 saturated heterocycles. The Morgan fingerprint density at radius 3 is 2.26 bits per heavy atom. The van der Waals surface area contributed by atoms with Crippen LogP contribution in [0.2, 0.25) is 0 Å². The molecule has 1 amide bonds. The van der Waals surface area contributed by atoms with E-state index in [1.165, 1.54) is 0 Å². The molecule has 136 valence electrons. The first-order valence-corrected chi connectivity index (χ1v) is 7.36. The van der Waals surface area contributed by atoms with Crippen molar-refractivity contribution in [3.05, 3.63) is 0 Å². The predicted octanol–water partition coefficient (Wildman–Crippen LogP) is -3.42. The lowest BCUT2D eigenvalue weighted by atomic mass is 9.99. The van der Waals surface area contributed by atoms with Gasteiger partial charge in [0.15, 0.2) is 6.29 Å². The van der Waals surface area contributed by atoms with Crippen LogP contribution in [0, 0.1) is 0 Å². The molecule has 1 rings (SSSR count). The zero-order valence-electron chi connectivity index (χ0n) is 12.7. The number of nitrogens with one attached hydrogen (secondary N) is 1. The van der Waals surface area contributed by atoms with Crippen molar-refractivity contribution >= 4 is 6.41 Å². The topological polar surface area (TPSA) is 147 Å². The maximum atomic E-state index is 9.97. The van der Waals surface area contributed by atoms with Crippen molar-refractivity contribution in [3.63, 3.8) is 0 Å². The second-order valence-corrected chi connectivity index (χ2v) is 4.86. The Morgan fingerprint density at radius 2 is 1.61 bits per heavy atom. The van der Waals surface area contributed by atoms with E-state index in [1.807, 2.05) is 0 Å². The number of aliphatic hydroxyl groups is 4. The molecule has 1 fully saturated rings. The van der Waals surface area contributed by atoms with E-state index in [2.05, 4.69) is 5.32 Å². The van der Waals surface area contributed by atoms with Crippen molar-refractivity contribution in [1.29, 1.82) is 0 Å². The highest BCUT2D eigenvalue weighted by molar-refractivity contribution is 5.45. The lowest BCUT2D eigenvalue weighted by Gasteiger charge is -2.39. The van der Waals surface area contributed by atoms with E-state index in [4.69, 9.17) is 24.1 Å². The zero-order valence-corrected chi connectivity index (χ0v) is 12.7. The molecule has 10 nitrogen and oxygen atoms in total. The van der Waals surface area contributed by atoms with Gasteiger partial charge in [-0.3, -0.25) is 4.79 Å². The van der Waals surface area contributed by atoms with Gasteiger partial charge in [0.1, 0.15) is 24.4 Å². The third-order valence-electron chi connectivity index (χ3n) is 3.20.